The molecular weight excluding hydrogens is 284 g/mol. The van der Waals surface area contributed by atoms with Crippen molar-refractivity contribution in [3.8, 4) is 0 Å². The van der Waals surface area contributed by atoms with E-state index in [4.69, 9.17) is 17.3 Å². The highest BCUT2D eigenvalue weighted by Gasteiger charge is 2.16. The largest absolute Gasteiger partial charge is 0.399 e. The molecule has 0 amide bonds. The van der Waals surface area contributed by atoms with E-state index in [0.717, 1.165) is 5.56 Å². The lowest BCUT2D eigenvalue weighted by Crippen LogP contribution is -2.23. The van der Waals surface area contributed by atoms with Crippen LogP contribution in [0.25, 0.3) is 0 Å². The van der Waals surface area contributed by atoms with Gasteiger partial charge in [-0.25, -0.2) is 13.1 Å². The minimum Gasteiger partial charge on any atom is -0.399 e. The maximum atomic E-state index is 12.1. The Labute approximate surface area is 117 Å². The predicted octanol–water partition coefficient (Wildman–Crippen LogP) is 2.40. The third-order valence-corrected chi connectivity index (χ3v) is 4.47. The van der Waals surface area contributed by atoms with Crippen molar-refractivity contribution in [3.63, 3.8) is 0 Å². The van der Waals surface area contributed by atoms with Crippen LogP contribution in [0.3, 0.4) is 0 Å². The van der Waals surface area contributed by atoms with E-state index < -0.39 is 10.0 Å². The highest BCUT2D eigenvalue weighted by Crippen LogP contribution is 2.20. The van der Waals surface area contributed by atoms with Gasteiger partial charge in [0.1, 0.15) is 4.90 Å². The van der Waals surface area contributed by atoms with E-state index in [1.165, 1.54) is 6.07 Å². The van der Waals surface area contributed by atoms with Crippen LogP contribution in [-0.2, 0) is 16.6 Å². The first-order valence-electron chi connectivity index (χ1n) is 5.58. The maximum absolute atomic E-state index is 12.1. The zero-order chi connectivity index (χ0) is 13.9. The number of nitrogens with one attached hydrogen (secondary N) is 1. The summed E-state index contributed by atoms with van der Waals surface area (Å²) in [5.74, 6) is 0. The Balaban J connectivity index is 2.14. The second-order valence-electron chi connectivity index (χ2n) is 4.00. The highest BCUT2D eigenvalue weighted by molar-refractivity contribution is 7.89. The summed E-state index contributed by atoms with van der Waals surface area (Å²) in [6.45, 7) is 0.188. The van der Waals surface area contributed by atoms with Crippen molar-refractivity contribution >= 4 is 27.3 Å². The molecular formula is C13H13ClN2O2S. The lowest BCUT2D eigenvalue weighted by molar-refractivity contribution is 0.581. The molecule has 3 N–H and O–H groups in total. The van der Waals surface area contributed by atoms with Gasteiger partial charge >= 0.3 is 0 Å². The summed E-state index contributed by atoms with van der Waals surface area (Å²) in [6.07, 6.45) is 0. The number of nitrogen functional groups attached to an aromatic ring is 1. The quantitative estimate of drug-likeness (QED) is 0.851. The Kier molecular flexibility index (Phi) is 4.09. The van der Waals surface area contributed by atoms with Gasteiger partial charge in [0.15, 0.2) is 0 Å². The Morgan fingerprint density at radius 1 is 1.05 bits per heavy atom. The molecule has 4 nitrogen and oxygen atoms in total. The molecule has 0 aliphatic heterocycles. The molecule has 0 bridgehead atoms. The summed E-state index contributed by atoms with van der Waals surface area (Å²) < 4.78 is 26.6. The van der Waals surface area contributed by atoms with Gasteiger partial charge in [-0.2, -0.15) is 0 Å². The van der Waals surface area contributed by atoms with Crippen molar-refractivity contribution < 1.29 is 8.42 Å². The van der Waals surface area contributed by atoms with Gasteiger partial charge in [0, 0.05) is 12.2 Å². The Morgan fingerprint density at radius 2 is 1.68 bits per heavy atom. The van der Waals surface area contributed by atoms with E-state index in [-0.39, 0.29) is 16.5 Å². The SMILES string of the molecule is Nc1ccc(CNS(=O)(=O)c2ccccc2Cl)cc1. The summed E-state index contributed by atoms with van der Waals surface area (Å²) in [5, 5.41) is 0.201. The normalized spacial score (nSPS) is 11.4. The molecule has 0 unspecified atom stereocenters. The van der Waals surface area contributed by atoms with Gasteiger partial charge in [-0.1, -0.05) is 35.9 Å². The second kappa shape index (κ2) is 5.61. The number of anilines is 1. The van der Waals surface area contributed by atoms with Crippen molar-refractivity contribution in [2.24, 2.45) is 0 Å². The van der Waals surface area contributed by atoms with E-state index in [1.54, 1.807) is 42.5 Å². The van der Waals surface area contributed by atoms with E-state index in [9.17, 15) is 8.42 Å². The van der Waals surface area contributed by atoms with Gasteiger partial charge in [-0.15, -0.1) is 0 Å². The van der Waals surface area contributed by atoms with Gasteiger partial charge in [0.05, 0.1) is 5.02 Å². The minimum absolute atomic E-state index is 0.0760. The minimum atomic E-state index is -3.61. The van der Waals surface area contributed by atoms with Crippen molar-refractivity contribution in [1.29, 1.82) is 0 Å². The Hall–Kier alpha value is -1.56. The van der Waals surface area contributed by atoms with E-state index >= 15 is 0 Å². The van der Waals surface area contributed by atoms with Crippen molar-refractivity contribution in [1.82, 2.24) is 4.72 Å². The van der Waals surface area contributed by atoms with Crippen molar-refractivity contribution in [3.05, 3.63) is 59.1 Å². The average Bonchev–Trinajstić information content (AvgIpc) is 2.38. The molecule has 0 aromatic heterocycles. The topological polar surface area (TPSA) is 72.2 Å². The first-order valence-corrected chi connectivity index (χ1v) is 7.44. The fourth-order valence-corrected chi connectivity index (χ4v) is 3.09. The fourth-order valence-electron chi connectivity index (χ4n) is 1.55. The van der Waals surface area contributed by atoms with Gasteiger partial charge in [-0.05, 0) is 29.8 Å². The standard InChI is InChI=1S/C13H13ClN2O2S/c14-12-3-1-2-4-13(12)19(17,18)16-9-10-5-7-11(15)8-6-10/h1-8,16H,9,15H2. The molecule has 0 saturated carbocycles. The Bertz CT molecular complexity index is 669. The van der Waals surface area contributed by atoms with E-state index in [2.05, 4.69) is 4.72 Å². The van der Waals surface area contributed by atoms with Crippen LogP contribution >= 0.6 is 11.6 Å². The van der Waals surface area contributed by atoms with E-state index in [1.807, 2.05) is 0 Å². The summed E-state index contributed by atoms with van der Waals surface area (Å²) in [6, 6.07) is 13.3. The molecule has 0 saturated heterocycles. The number of sulfonamides is 1. The smallest absolute Gasteiger partial charge is 0.242 e. The number of rotatable bonds is 4. The molecule has 0 radical (unpaired) electrons. The summed E-state index contributed by atoms with van der Waals surface area (Å²) in [5.41, 5.74) is 7.02. The van der Waals surface area contributed by atoms with Crippen molar-refractivity contribution in [2.75, 3.05) is 5.73 Å². The highest BCUT2D eigenvalue weighted by atomic mass is 35.5. The number of hydrogen-bond donors (Lipinski definition) is 2. The van der Waals surface area contributed by atoms with Crippen LogP contribution in [0, 0.1) is 0 Å². The van der Waals surface area contributed by atoms with Crippen LogP contribution in [0.15, 0.2) is 53.4 Å². The molecule has 6 heteroatoms. The lowest BCUT2D eigenvalue weighted by atomic mass is 10.2. The van der Waals surface area contributed by atoms with E-state index in [0.29, 0.717) is 5.69 Å². The molecule has 0 atom stereocenters. The third kappa shape index (κ3) is 3.47. The van der Waals surface area contributed by atoms with Gasteiger partial charge in [0.25, 0.3) is 0 Å². The second-order valence-corrected chi connectivity index (χ2v) is 6.14. The molecule has 100 valence electrons. The lowest BCUT2D eigenvalue weighted by Gasteiger charge is -2.08. The van der Waals surface area contributed by atoms with Crippen LogP contribution in [0.2, 0.25) is 5.02 Å². The van der Waals surface area contributed by atoms with Crippen LogP contribution in [0.5, 0.6) is 0 Å². The molecule has 0 spiro atoms. The van der Waals surface area contributed by atoms with Gasteiger partial charge in [0.2, 0.25) is 10.0 Å². The Morgan fingerprint density at radius 3 is 2.32 bits per heavy atom. The zero-order valence-electron chi connectivity index (χ0n) is 10.0. The maximum Gasteiger partial charge on any atom is 0.242 e. The van der Waals surface area contributed by atoms with Gasteiger partial charge < -0.3 is 5.73 Å². The zero-order valence-corrected chi connectivity index (χ0v) is 11.6. The van der Waals surface area contributed by atoms with Crippen LogP contribution in [0.4, 0.5) is 5.69 Å². The average molecular weight is 297 g/mol. The molecule has 0 aliphatic rings. The summed E-state index contributed by atoms with van der Waals surface area (Å²) in [4.78, 5) is 0.0760. The first-order chi connectivity index (χ1) is 8.99. The molecule has 2 aromatic rings. The molecule has 2 rings (SSSR count). The predicted molar refractivity (Wildman–Crippen MR) is 76.3 cm³/mol. The van der Waals surface area contributed by atoms with Crippen LogP contribution < -0.4 is 10.5 Å². The fraction of sp³-hybridized carbons (Fsp3) is 0.0769. The molecule has 19 heavy (non-hydrogen) atoms. The molecule has 0 heterocycles. The number of nitrogens with two attached hydrogens (primary N) is 1. The first kappa shape index (κ1) is 13.9. The van der Waals surface area contributed by atoms with Crippen LogP contribution in [0.1, 0.15) is 5.56 Å². The van der Waals surface area contributed by atoms with Gasteiger partial charge in [-0.3, -0.25) is 0 Å². The summed E-state index contributed by atoms with van der Waals surface area (Å²) >= 11 is 5.88. The summed E-state index contributed by atoms with van der Waals surface area (Å²) in [7, 11) is -3.61. The van der Waals surface area contributed by atoms with Crippen molar-refractivity contribution in [2.45, 2.75) is 11.4 Å². The number of halogens is 1. The monoisotopic (exact) mass is 296 g/mol. The number of benzene rings is 2. The third-order valence-electron chi connectivity index (χ3n) is 2.57. The number of hydrogen-bond acceptors (Lipinski definition) is 3. The molecule has 2 aromatic carbocycles. The molecule has 0 aliphatic carbocycles. The molecule has 0 fully saturated rings. The van der Waals surface area contributed by atoms with Crippen LogP contribution in [-0.4, -0.2) is 8.42 Å².